The van der Waals surface area contributed by atoms with Gasteiger partial charge in [-0.25, -0.2) is 0 Å². The van der Waals surface area contributed by atoms with Crippen LogP contribution in [-0.2, 0) is 6.42 Å². The molecule has 0 saturated carbocycles. The van der Waals surface area contributed by atoms with Gasteiger partial charge in [0, 0.05) is 23.1 Å². The highest BCUT2D eigenvalue weighted by Crippen LogP contribution is 2.39. The van der Waals surface area contributed by atoms with Crippen LogP contribution in [0.2, 0.25) is 0 Å². The summed E-state index contributed by atoms with van der Waals surface area (Å²) in [5.41, 5.74) is 2.99. The number of thioether (sulfide) groups is 1. The third-order valence-corrected chi connectivity index (χ3v) is 5.57. The van der Waals surface area contributed by atoms with Gasteiger partial charge in [0.25, 0.3) is 0 Å². The average Bonchev–Trinajstić information content (AvgIpc) is 2.46. The fourth-order valence-electron chi connectivity index (χ4n) is 2.97. The van der Waals surface area contributed by atoms with Gasteiger partial charge in [-0.15, -0.1) is 0 Å². The molecular weight excluding hydrogens is 266 g/mol. The molecule has 0 amide bonds. The van der Waals surface area contributed by atoms with Gasteiger partial charge in [0.1, 0.15) is 0 Å². The molecule has 0 spiro atoms. The normalized spacial score (nSPS) is 23.4. The minimum absolute atomic E-state index is 0.296. The Hall–Kier alpha value is -0.510. The molecule has 2 nitrogen and oxygen atoms in total. The molecule has 1 aliphatic rings. The Labute approximate surface area is 127 Å². The van der Waals surface area contributed by atoms with Crippen molar-refractivity contribution in [3.63, 3.8) is 0 Å². The summed E-state index contributed by atoms with van der Waals surface area (Å²) in [7, 11) is 0. The van der Waals surface area contributed by atoms with Gasteiger partial charge in [-0.1, -0.05) is 38.1 Å². The van der Waals surface area contributed by atoms with Crippen LogP contribution in [0, 0.1) is 0 Å². The van der Waals surface area contributed by atoms with E-state index < -0.39 is 0 Å². The summed E-state index contributed by atoms with van der Waals surface area (Å²) in [5.74, 6) is 0. The van der Waals surface area contributed by atoms with E-state index in [1.165, 1.54) is 30.4 Å². The minimum atomic E-state index is 0.296. The van der Waals surface area contributed by atoms with Crippen LogP contribution in [0.1, 0.15) is 50.3 Å². The van der Waals surface area contributed by atoms with E-state index in [1.807, 2.05) is 11.8 Å². The van der Waals surface area contributed by atoms with Crippen molar-refractivity contribution in [2.45, 2.75) is 56.1 Å². The third-order valence-electron chi connectivity index (χ3n) is 4.02. The number of aliphatic hydroxyl groups is 1. The lowest BCUT2D eigenvalue weighted by atomic mass is 9.87. The number of hydrogen-bond acceptors (Lipinski definition) is 3. The summed E-state index contributed by atoms with van der Waals surface area (Å²) < 4.78 is 0. The topological polar surface area (TPSA) is 32.3 Å². The number of aryl methyl sites for hydroxylation is 1. The molecule has 20 heavy (non-hydrogen) atoms. The molecule has 112 valence electrons. The summed E-state index contributed by atoms with van der Waals surface area (Å²) in [6, 6.07) is 9.33. The Bertz CT molecular complexity index is 410. The Balaban J connectivity index is 2.11. The van der Waals surface area contributed by atoms with Gasteiger partial charge in [-0.3, -0.25) is 0 Å². The molecule has 0 radical (unpaired) electrons. The predicted molar refractivity (Wildman–Crippen MR) is 88.3 cm³/mol. The van der Waals surface area contributed by atoms with E-state index in [1.54, 1.807) is 0 Å². The zero-order valence-corrected chi connectivity index (χ0v) is 13.5. The van der Waals surface area contributed by atoms with Crippen LogP contribution in [0.25, 0.3) is 0 Å². The first-order valence-electron chi connectivity index (χ1n) is 7.83. The maximum Gasteiger partial charge on any atom is 0.0443 e. The molecule has 1 aromatic carbocycles. The molecule has 1 aliphatic carbocycles. The molecule has 0 aliphatic heterocycles. The molecule has 3 unspecified atom stereocenters. The molecular formula is C17H27NOS. The van der Waals surface area contributed by atoms with Crippen molar-refractivity contribution in [3.8, 4) is 0 Å². The molecule has 2 rings (SSSR count). The van der Waals surface area contributed by atoms with Crippen molar-refractivity contribution in [1.82, 2.24) is 5.32 Å². The average molecular weight is 293 g/mol. The second kappa shape index (κ2) is 8.06. The molecule has 0 saturated heterocycles. The van der Waals surface area contributed by atoms with Gasteiger partial charge in [0.15, 0.2) is 0 Å². The lowest BCUT2D eigenvalue weighted by Gasteiger charge is -2.35. The number of nitrogens with one attached hydrogen (secondary N) is 1. The lowest BCUT2D eigenvalue weighted by Crippen LogP contribution is -2.35. The van der Waals surface area contributed by atoms with E-state index in [-0.39, 0.29) is 0 Å². The highest BCUT2D eigenvalue weighted by Gasteiger charge is 2.30. The standard InChI is InChI=1S/C17H27NOS/c1-3-11-18-17-15-7-5-4-6-14(15)8-9-16(17)20-13(2)10-12-19/h4-7,13,16-19H,3,8-12H2,1-2H3. The number of hydrogen-bond donors (Lipinski definition) is 2. The molecule has 1 aromatic rings. The summed E-state index contributed by atoms with van der Waals surface area (Å²) in [6.07, 6.45) is 4.48. The maximum absolute atomic E-state index is 9.10. The first-order valence-corrected chi connectivity index (χ1v) is 8.78. The van der Waals surface area contributed by atoms with Crippen molar-refractivity contribution >= 4 is 11.8 Å². The van der Waals surface area contributed by atoms with Crippen LogP contribution in [0.15, 0.2) is 24.3 Å². The minimum Gasteiger partial charge on any atom is -0.396 e. The number of aliphatic hydroxyl groups excluding tert-OH is 1. The predicted octanol–water partition coefficient (Wildman–Crippen LogP) is 3.55. The summed E-state index contributed by atoms with van der Waals surface area (Å²) in [4.78, 5) is 0. The van der Waals surface area contributed by atoms with Gasteiger partial charge < -0.3 is 10.4 Å². The van der Waals surface area contributed by atoms with E-state index in [9.17, 15) is 0 Å². The van der Waals surface area contributed by atoms with E-state index in [0.717, 1.165) is 13.0 Å². The zero-order valence-electron chi connectivity index (χ0n) is 12.6. The molecule has 3 heteroatoms. The van der Waals surface area contributed by atoms with Gasteiger partial charge >= 0.3 is 0 Å². The van der Waals surface area contributed by atoms with E-state index >= 15 is 0 Å². The molecule has 0 fully saturated rings. The Kier molecular flexibility index (Phi) is 6.40. The van der Waals surface area contributed by atoms with Crippen molar-refractivity contribution in [3.05, 3.63) is 35.4 Å². The van der Waals surface area contributed by atoms with Crippen LogP contribution < -0.4 is 5.32 Å². The molecule has 0 heterocycles. The quantitative estimate of drug-likeness (QED) is 0.806. The fraction of sp³-hybridized carbons (Fsp3) is 0.647. The maximum atomic E-state index is 9.10. The van der Waals surface area contributed by atoms with Gasteiger partial charge in [-0.2, -0.15) is 11.8 Å². The number of benzene rings is 1. The summed E-state index contributed by atoms with van der Waals surface area (Å²) >= 11 is 2.04. The first kappa shape index (κ1) is 15.9. The Morgan fingerprint density at radius 1 is 1.40 bits per heavy atom. The monoisotopic (exact) mass is 293 g/mol. The van der Waals surface area contributed by atoms with Crippen molar-refractivity contribution in [2.75, 3.05) is 13.2 Å². The van der Waals surface area contributed by atoms with E-state index in [0.29, 0.717) is 23.1 Å². The molecule has 0 aromatic heterocycles. The summed E-state index contributed by atoms with van der Waals surface area (Å²) in [5, 5.41) is 14.0. The van der Waals surface area contributed by atoms with Gasteiger partial charge in [0.2, 0.25) is 0 Å². The van der Waals surface area contributed by atoms with Crippen molar-refractivity contribution in [2.24, 2.45) is 0 Å². The van der Waals surface area contributed by atoms with Crippen LogP contribution in [-0.4, -0.2) is 28.8 Å². The second-order valence-electron chi connectivity index (χ2n) is 5.67. The molecule has 3 atom stereocenters. The second-order valence-corrected chi connectivity index (χ2v) is 7.35. The zero-order chi connectivity index (χ0) is 14.4. The largest absolute Gasteiger partial charge is 0.396 e. The van der Waals surface area contributed by atoms with E-state index in [2.05, 4.69) is 43.4 Å². The van der Waals surface area contributed by atoms with Crippen LogP contribution in [0.5, 0.6) is 0 Å². The summed E-state index contributed by atoms with van der Waals surface area (Å²) in [6.45, 7) is 5.82. The SMILES string of the molecule is CCCNC1c2ccccc2CCC1SC(C)CCO. The van der Waals surface area contributed by atoms with Gasteiger partial charge in [-0.05, 0) is 43.4 Å². The van der Waals surface area contributed by atoms with E-state index in [4.69, 9.17) is 5.11 Å². The highest BCUT2D eigenvalue weighted by atomic mass is 32.2. The van der Waals surface area contributed by atoms with Crippen LogP contribution in [0.3, 0.4) is 0 Å². The molecule has 2 N–H and O–H groups in total. The third kappa shape index (κ3) is 4.00. The lowest BCUT2D eigenvalue weighted by molar-refractivity contribution is 0.288. The fourth-order valence-corrected chi connectivity index (χ4v) is 4.46. The van der Waals surface area contributed by atoms with Crippen molar-refractivity contribution < 1.29 is 5.11 Å². The first-order chi connectivity index (χ1) is 9.76. The van der Waals surface area contributed by atoms with Crippen LogP contribution >= 0.6 is 11.8 Å². The van der Waals surface area contributed by atoms with Gasteiger partial charge in [0.05, 0.1) is 0 Å². The smallest absolute Gasteiger partial charge is 0.0443 e. The number of fused-ring (bicyclic) bond motifs is 1. The van der Waals surface area contributed by atoms with Crippen LogP contribution in [0.4, 0.5) is 0 Å². The Morgan fingerprint density at radius 2 is 2.20 bits per heavy atom. The number of rotatable bonds is 7. The Morgan fingerprint density at radius 3 is 2.95 bits per heavy atom. The highest BCUT2D eigenvalue weighted by molar-refractivity contribution is 8.00. The van der Waals surface area contributed by atoms with Crippen molar-refractivity contribution in [1.29, 1.82) is 0 Å². The molecule has 0 bridgehead atoms.